The maximum Gasteiger partial charge on any atom is 0.246 e. The molecule has 2 N–H and O–H groups in total. The van der Waals surface area contributed by atoms with Crippen LogP contribution in [0.15, 0.2) is 49.2 Å². The molecule has 6 rings (SSSR count). The van der Waals surface area contributed by atoms with Gasteiger partial charge in [-0.1, -0.05) is 17.4 Å². The van der Waals surface area contributed by atoms with Crippen LogP contribution in [0.2, 0.25) is 0 Å². The smallest absolute Gasteiger partial charge is 0.246 e. The van der Waals surface area contributed by atoms with Crippen LogP contribution in [0.5, 0.6) is 0 Å². The number of benzene rings is 1. The van der Waals surface area contributed by atoms with Crippen molar-refractivity contribution in [2.24, 2.45) is 0 Å². The summed E-state index contributed by atoms with van der Waals surface area (Å²) in [4.78, 5) is 28.6. The Kier molecular flexibility index (Phi) is 6.75. The van der Waals surface area contributed by atoms with Crippen molar-refractivity contribution in [3.8, 4) is 11.3 Å². The molecule has 39 heavy (non-hydrogen) atoms. The summed E-state index contributed by atoms with van der Waals surface area (Å²) in [6, 6.07) is 3.61. The number of rotatable bonds is 8. The molecule has 4 aromatic heterocycles. The van der Waals surface area contributed by atoms with Crippen LogP contribution in [-0.4, -0.2) is 53.0 Å². The van der Waals surface area contributed by atoms with Gasteiger partial charge in [0.05, 0.1) is 42.2 Å². The van der Waals surface area contributed by atoms with Crippen molar-refractivity contribution in [3.05, 3.63) is 71.5 Å². The number of hydrogen-bond acceptors (Lipinski definition) is 8. The van der Waals surface area contributed by atoms with Crippen LogP contribution >= 0.6 is 11.3 Å². The minimum absolute atomic E-state index is 0.175. The molecule has 1 saturated heterocycles. The fourth-order valence-electron chi connectivity index (χ4n) is 4.62. The van der Waals surface area contributed by atoms with Crippen LogP contribution < -0.4 is 10.6 Å². The molecule has 200 valence electrons. The predicted molar refractivity (Wildman–Crippen MR) is 144 cm³/mol. The molecular weight excluding hydrogens is 524 g/mol. The van der Waals surface area contributed by atoms with Gasteiger partial charge in [-0.05, 0) is 45.0 Å². The molecule has 5 heterocycles. The summed E-state index contributed by atoms with van der Waals surface area (Å²) in [5, 5.41) is 12.0. The molecule has 10 nitrogen and oxygen atoms in total. The van der Waals surface area contributed by atoms with Crippen LogP contribution in [0.3, 0.4) is 0 Å². The number of fused-ring (bicyclic) bond motifs is 1. The second-order valence-corrected chi connectivity index (χ2v) is 10.5. The lowest BCUT2D eigenvalue weighted by atomic mass is 10.3. The van der Waals surface area contributed by atoms with E-state index < -0.39 is 17.5 Å². The molecule has 1 fully saturated rings. The molecule has 1 aliphatic heterocycles. The lowest BCUT2D eigenvalue weighted by molar-refractivity contribution is -0.116. The third-order valence-corrected chi connectivity index (χ3v) is 7.32. The van der Waals surface area contributed by atoms with Crippen LogP contribution in [-0.2, 0) is 17.9 Å². The maximum atomic E-state index is 13.9. The molecule has 0 bridgehead atoms. The summed E-state index contributed by atoms with van der Waals surface area (Å²) in [5.41, 5.74) is 2.70. The second kappa shape index (κ2) is 10.5. The van der Waals surface area contributed by atoms with Gasteiger partial charge in [0.1, 0.15) is 16.6 Å². The Hall–Kier alpha value is -4.23. The van der Waals surface area contributed by atoms with Gasteiger partial charge in [0.25, 0.3) is 0 Å². The summed E-state index contributed by atoms with van der Waals surface area (Å²) in [7, 11) is 0. The number of thiazole rings is 1. The minimum Gasteiger partial charge on any atom is -0.327 e. The lowest BCUT2D eigenvalue weighted by Crippen LogP contribution is -2.19. The van der Waals surface area contributed by atoms with Gasteiger partial charge in [-0.15, -0.1) is 0 Å². The molecule has 0 atom stereocenters. The Morgan fingerprint density at radius 1 is 1.10 bits per heavy atom. The summed E-state index contributed by atoms with van der Waals surface area (Å²) in [6.45, 7) is 4.82. The van der Waals surface area contributed by atoms with Crippen molar-refractivity contribution in [1.29, 1.82) is 0 Å². The molecule has 0 spiro atoms. The zero-order chi connectivity index (χ0) is 26.9. The molecule has 0 radical (unpaired) electrons. The Morgan fingerprint density at radius 3 is 2.79 bits per heavy atom. The van der Waals surface area contributed by atoms with E-state index >= 15 is 0 Å². The van der Waals surface area contributed by atoms with E-state index in [1.807, 2.05) is 23.7 Å². The second-order valence-electron chi connectivity index (χ2n) is 9.37. The number of amides is 1. The van der Waals surface area contributed by atoms with Crippen LogP contribution in [0, 0.1) is 18.6 Å². The highest BCUT2D eigenvalue weighted by molar-refractivity contribution is 7.15. The molecule has 1 aromatic carbocycles. The highest BCUT2D eigenvalue weighted by Gasteiger charge is 2.17. The van der Waals surface area contributed by atoms with Crippen LogP contribution in [0.4, 0.5) is 25.3 Å². The number of likely N-dealkylation sites (tertiary alicyclic amines) is 1. The van der Waals surface area contributed by atoms with E-state index in [2.05, 4.69) is 35.6 Å². The van der Waals surface area contributed by atoms with Crippen molar-refractivity contribution in [1.82, 2.24) is 34.0 Å². The van der Waals surface area contributed by atoms with Crippen molar-refractivity contribution in [2.45, 2.75) is 32.9 Å². The molecule has 1 amide bonds. The third-order valence-electron chi connectivity index (χ3n) is 6.43. The lowest BCUT2D eigenvalue weighted by Gasteiger charge is -2.11. The number of carbonyl (C=O) groups excluding carboxylic acids is 1. The topological polar surface area (TPSA) is 105 Å². The Morgan fingerprint density at radius 2 is 1.95 bits per heavy atom. The largest absolute Gasteiger partial charge is 0.327 e. The number of aryl methyl sites for hydroxylation is 1. The zero-order valence-electron chi connectivity index (χ0n) is 21.1. The van der Waals surface area contributed by atoms with Crippen molar-refractivity contribution >= 4 is 39.4 Å². The van der Waals surface area contributed by atoms with E-state index in [1.54, 1.807) is 29.9 Å². The maximum absolute atomic E-state index is 13.9. The molecule has 5 aromatic rings. The molecule has 0 unspecified atom stereocenters. The number of halogens is 2. The van der Waals surface area contributed by atoms with E-state index in [4.69, 9.17) is 0 Å². The number of imidazole rings is 1. The van der Waals surface area contributed by atoms with E-state index in [0.29, 0.717) is 11.5 Å². The van der Waals surface area contributed by atoms with Gasteiger partial charge in [0.15, 0.2) is 23.1 Å². The fraction of sp³-hybridized carbons (Fsp3) is 0.269. The first-order chi connectivity index (χ1) is 18.9. The van der Waals surface area contributed by atoms with Gasteiger partial charge < -0.3 is 10.6 Å². The first kappa shape index (κ1) is 25.1. The summed E-state index contributed by atoms with van der Waals surface area (Å²) < 4.78 is 30.7. The predicted octanol–water partition coefficient (Wildman–Crippen LogP) is 4.61. The SMILES string of the molecule is Cc1cn2c(-c3cnn(CC(=O)Nc4cccc(F)c4F)c3)cnc2c(Nc2cnc(CN3CCCC3)s2)n1. The third kappa shape index (κ3) is 5.36. The first-order valence-electron chi connectivity index (χ1n) is 12.5. The normalized spacial score (nSPS) is 13.8. The fourth-order valence-corrected chi connectivity index (χ4v) is 5.48. The molecule has 13 heteroatoms. The minimum atomic E-state index is -1.10. The molecule has 0 aliphatic carbocycles. The highest BCUT2D eigenvalue weighted by Crippen LogP contribution is 2.29. The number of anilines is 3. The quantitative estimate of drug-likeness (QED) is 0.291. The summed E-state index contributed by atoms with van der Waals surface area (Å²) >= 11 is 1.61. The number of nitrogens with zero attached hydrogens (tertiary/aromatic N) is 7. The summed E-state index contributed by atoms with van der Waals surface area (Å²) in [6.07, 6.45) is 11.2. The Labute approximate surface area is 226 Å². The Bertz CT molecular complexity index is 1650. The van der Waals surface area contributed by atoms with Crippen LogP contribution in [0.25, 0.3) is 16.9 Å². The number of hydrogen-bond donors (Lipinski definition) is 2. The monoisotopic (exact) mass is 549 g/mol. The zero-order valence-corrected chi connectivity index (χ0v) is 21.9. The van der Waals surface area contributed by atoms with Crippen molar-refractivity contribution < 1.29 is 13.6 Å². The van der Waals surface area contributed by atoms with Gasteiger partial charge in [0.2, 0.25) is 5.91 Å². The summed E-state index contributed by atoms with van der Waals surface area (Å²) in [5.74, 6) is -2.06. The Balaban J connectivity index is 1.19. The number of aromatic nitrogens is 6. The average Bonchev–Trinajstić information content (AvgIpc) is 3.71. The van der Waals surface area contributed by atoms with E-state index in [0.717, 1.165) is 52.7 Å². The van der Waals surface area contributed by atoms with Crippen molar-refractivity contribution in [2.75, 3.05) is 23.7 Å². The van der Waals surface area contributed by atoms with Gasteiger partial charge in [-0.3, -0.25) is 18.8 Å². The van der Waals surface area contributed by atoms with E-state index in [9.17, 15) is 13.6 Å². The van der Waals surface area contributed by atoms with E-state index in [-0.39, 0.29) is 12.2 Å². The number of carbonyl (C=O) groups is 1. The van der Waals surface area contributed by atoms with Gasteiger partial charge in [-0.25, -0.2) is 23.7 Å². The van der Waals surface area contributed by atoms with Crippen molar-refractivity contribution in [3.63, 3.8) is 0 Å². The average molecular weight is 550 g/mol. The molecule has 0 saturated carbocycles. The standard InChI is InChI=1S/C26H25F2N9OS/c1-16-12-37-20(17-9-31-36(13-17)14-21(38)33-19-6-4-5-18(27)24(19)28)10-30-26(37)25(32-16)34-22-11-29-23(39-22)15-35-7-2-3-8-35/h4-6,9-13H,2-3,7-8,14-15H2,1H3,(H,32,34)(H,33,38). The first-order valence-corrected chi connectivity index (χ1v) is 13.3. The number of nitrogens with one attached hydrogen (secondary N) is 2. The van der Waals surface area contributed by atoms with Gasteiger partial charge in [-0.2, -0.15) is 5.10 Å². The van der Waals surface area contributed by atoms with E-state index in [1.165, 1.54) is 29.7 Å². The van der Waals surface area contributed by atoms with Gasteiger partial charge in [0, 0.05) is 18.0 Å². The molecule has 1 aliphatic rings. The van der Waals surface area contributed by atoms with Gasteiger partial charge >= 0.3 is 0 Å². The molecular formula is C26H25F2N9OS. The van der Waals surface area contributed by atoms with Crippen LogP contribution in [0.1, 0.15) is 23.5 Å². The highest BCUT2D eigenvalue weighted by atomic mass is 32.1.